The fourth-order valence-electron chi connectivity index (χ4n) is 9.05. The van der Waals surface area contributed by atoms with E-state index in [1.165, 1.54) is 0 Å². The number of amides is 4. The summed E-state index contributed by atoms with van der Waals surface area (Å²) in [6.07, 6.45) is 0.0125. The van der Waals surface area contributed by atoms with Crippen LogP contribution in [0.1, 0.15) is 60.1 Å². The Morgan fingerprint density at radius 3 is 1.81 bits per heavy atom. The number of ether oxygens (including phenoxy) is 1. The van der Waals surface area contributed by atoms with Crippen molar-refractivity contribution in [2.75, 3.05) is 19.7 Å². The fourth-order valence-corrected chi connectivity index (χ4v) is 9.63. The summed E-state index contributed by atoms with van der Waals surface area (Å²) in [6.45, 7) is 8.08. The zero-order valence-corrected chi connectivity index (χ0v) is 38.0. The van der Waals surface area contributed by atoms with Crippen molar-refractivity contribution in [1.29, 1.82) is 0 Å². The minimum absolute atomic E-state index is 0.125. The van der Waals surface area contributed by atoms with E-state index in [-0.39, 0.29) is 31.4 Å². The number of nitrogens with zero attached hydrogens (tertiary/aromatic N) is 1. The van der Waals surface area contributed by atoms with Gasteiger partial charge in [0.05, 0.1) is 12.1 Å². The minimum Gasteiger partial charge on any atom is -0.483 e. The largest absolute Gasteiger partial charge is 0.483 e. The molecule has 1 saturated heterocycles. The summed E-state index contributed by atoms with van der Waals surface area (Å²) in [5.41, 5.74) is 4.27. The van der Waals surface area contributed by atoms with E-state index in [9.17, 15) is 23.9 Å². The van der Waals surface area contributed by atoms with Crippen LogP contribution >= 0.6 is 7.82 Å². The van der Waals surface area contributed by atoms with Crippen LogP contribution in [0.2, 0.25) is 0 Å². The molecule has 1 aliphatic rings. The molecule has 4 amide bonds. The molecule has 338 valence electrons. The number of carbonyl (C=O) groups is 3. The molecule has 0 bridgehead atoms. The molecule has 0 aliphatic carbocycles. The molecule has 6 rings (SSSR count). The average molecular weight is 889 g/mol. The lowest BCUT2D eigenvalue weighted by Crippen LogP contribution is -2.63. The number of hydrogen-bond acceptors (Lipinski definition) is 6. The Labute approximate surface area is 377 Å². The minimum atomic E-state index is -5.27. The Balaban J connectivity index is 1.52. The van der Waals surface area contributed by atoms with Gasteiger partial charge in [0.2, 0.25) is 5.91 Å². The van der Waals surface area contributed by atoms with Crippen LogP contribution in [0.4, 0.5) is 4.79 Å². The number of hydrogen-bond donors (Lipinski definition) is 5. The first-order valence-corrected chi connectivity index (χ1v) is 23.5. The first kappa shape index (κ1) is 47.7. The lowest BCUT2D eigenvalue weighted by Gasteiger charge is -2.46. The Kier molecular flexibility index (Phi) is 16.6. The molecule has 0 radical (unpaired) electrons. The highest BCUT2D eigenvalue weighted by Gasteiger charge is 2.47. The lowest BCUT2D eigenvalue weighted by molar-refractivity contribution is -0.129. The van der Waals surface area contributed by atoms with Gasteiger partial charge in [0.25, 0.3) is 5.91 Å². The van der Waals surface area contributed by atoms with Crippen molar-refractivity contribution in [3.8, 4) is 5.75 Å². The van der Waals surface area contributed by atoms with Gasteiger partial charge in [-0.25, -0.2) is 9.36 Å². The van der Waals surface area contributed by atoms with Gasteiger partial charge in [0.1, 0.15) is 11.8 Å². The number of phosphoric ester groups is 1. The number of aryl methyl sites for hydroxylation is 2. The molecule has 5 aromatic carbocycles. The fraction of sp³-hybridized carbons (Fsp3) is 0.353. The van der Waals surface area contributed by atoms with Crippen LogP contribution in [0.3, 0.4) is 0 Å². The number of para-hydroxylation sites is 1. The van der Waals surface area contributed by atoms with Gasteiger partial charge in [0.15, 0.2) is 6.61 Å². The second kappa shape index (κ2) is 22.2. The molecule has 1 aliphatic heterocycles. The summed E-state index contributed by atoms with van der Waals surface area (Å²) in [6, 6.07) is 41.4. The molecule has 0 aromatic heterocycles. The summed E-state index contributed by atoms with van der Waals surface area (Å²) in [5.74, 6) is -0.677. The lowest BCUT2D eigenvalue weighted by atomic mass is 9.64. The quantitative estimate of drug-likeness (QED) is 0.0470. The Hall–Kier alpha value is -5.78. The molecule has 1 fully saturated rings. The van der Waals surface area contributed by atoms with E-state index in [2.05, 4.69) is 16.0 Å². The predicted octanol–water partition coefficient (Wildman–Crippen LogP) is 7.63. The van der Waals surface area contributed by atoms with E-state index in [0.717, 1.165) is 33.4 Å². The summed E-state index contributed by atoms with van der Waals surface area (Å²) in [4.78, 5) is 65.6. The molecular weight excluding hydrogens is 828 g/mol. The molecule has 5 aromatic rings. The zero-order chi connectivity index (χ0) is 45.7. The van der Waals surface area contributed by atoms with Gasteiger partial charge < -0.3 is 35.4 Å². The van der Waals surface area contributed by atoms with Gasteiger partial charge in [-0.15, -0.1) is 0 Å². The van der Waals surface area contributed by atoms with Crippen molar-refractivity contribution in [2.24, 2.45) is 5.92 Å². The van der Waals surface area contributed by atoms with E-state index >= 15 is 4.79 Å². The summed E-state index contributed by atoms with van der Waals surface area (Å²) >= 11 is 0. The third-order valence-electron chi connectivity index (χ3n) is 12.0. The number of nitrogens with one attached hydrogen (secondary N) is 3. The monoisotopic (exact) mass is 888 g/mol. The SMILES string of the molecule is Cc1cccc(C)c1OCC(=O)NC(Cc1ccccc1)C(CC(NC(=O)C(C(C)C)N1CCCNC1=O)C(Cc1ccccc1)(Cc1ccccc1)c1ccccc1)OP(=O)(O)O. The summed E-state index contributed by atoms with van der Waals surface area (Å²) in [5, 5.41) is 9.34. The first-order chi connectivity index (χ1) is 30.7. The van der Waals surface area contributed by atoms with Gasteiger partial charge in [0, 0.05) is 24.5 Å². The number of urea groups is 1. The number of rotatable bonds is 21. The van der Waals surface area contributed by atoms with Gasteiger partial charge in [-0.2, -0.15) is 0 Å². The third kappa shape index (κ3) is 12.9. The Morgan fingerprint density at radius 1 is 0.766 bits per heavy atom. The standard InChI is InChI=1S/C51H61N4O8P/c1-36(2)47(55-30-18-29-52-50(55)58)49(57)54-45(51(42-27-15-8-16-28-42,33-40-23-11-6-12-24-40)34-41-25-13-7-14-26-41)32-44(63-64(59,60)61)43(31-39-21-9-5-10-22-39)53-46(56)35-62-48-37(3)19-17-20-38(48)4/h5-17,19-28,36,43-45,47H,18,29-35H2,1-4H3,(H,52,58)(H,53,56)(H,54,57)(H2,59,60,61). The van der Waals surface area contributed by atoms with Crippen molar-refractivity contribution < 1.29 is 38.0 Å². The van der Waals surface area contributed by atoms with Gasteiger partial charge in [-0.1, -0.05) is 153 Å². The van der Waals surface area contributed by atoms with Crippen LogP contribution in [0, 0.1) is 19.8 Å². The molecule has 12 nitrogen and oxygen atoms in total. The molecular formula is C51H61N4O8P. The Bertz CT molecular complexity index is 2270. The van der Waals surface area contributed by atoms with Crippen molar-refractivity contribution in [2.45, 2.75) is 89.4 Å². The van der Waals surface area contributed by atoms with Crippen LogP contribution in [-0.4, -0.2) is 76.5 Å². The first-order valence-electron chi connectivity index (χ1n) is 22.0. The molecule has 4 atom stereocenters. The molecule has 0 spiro atoms. The maximum atomic E-state index is 15.2. The zero-order valence-electron chi connectivity index (χ0n) is 37.1. The van der Waals surface area contributed by atoms with E-state index in [1.54, 1.807) is 4.90 Å². The molecule has 64 heavy (non-hydrogen) atoms. The number of carbonyl (C=O) groups excluding carboxylic acids is 3. The topological polar surface area (TPSA) is 167 Å². The summed E-state index contributed by atoms with van der Waals surface area (Å²) < 4.78 is 25.1. The molecule has 5 N–H and O–H groups in total. The highest BCUT2D eigenvalue weighted by molar-refractivity contribution is 7.46. The van der Waals surface area contributed by atoms with Crippen LogP contribution in [0.25, 0.3) is 0 Å². The maximum Gasteiger partial charge on any atom is 0.469 e. The molecule has 0 saturated carbocycles. The van der Waals surface area contributed by atoms with E-state index < -0.39 is 49.3 Å². The van der Waals surface area contributed by atoms with Crippen molar-refractivity contribution in [3.63, 3.8) is 0 Å². The molecule has 4 unspecified atom stereocenters. The van der Waals surface area contributed by atoms with E-state index in [1.807, 2.05) is 167 Å². The van der Waals surface area contributed by atoms with Gasteiger partial charge in [-0.3, -0.25) is 14.1 Å². The predicted molar refractivity (Wildman–Crippen MR) is 249 cm³/mol. The van der Waals surface area contributed by atoms with Gasteiger partial charge in [-0.05, 0) is 85.3 Å². The molecule has 1 heterocycles. The maximum absolute atomic E-state index is 15.2. The third-order valence-corrected chi connectivity index (χ3v) is 12.5. The second-order valence-corrected chi connectivity index (χ2v) is 18.3. The number of phosphoric acid groups is 1. The highest BCUT2D eigenvalue weighted by Crippen LogP contribution is 2.43. The molecule has 13 heteroatoms. The normalized spacial score (nSPS) is 15.1. The number of benzene rings is 5. The van der Waals surface area contributed by atoms with Crippen LogP contribution in [0.5, 0.6) is 5.75 Å². The van der Waals surface area contributed by atoms with E-state index in [0.29, 0.717) is 38.1 Å². The van der Waals surface area contributed by atoms with Gasteiger partial charge >= 0.3 is 13.9 Å². The van der Waals surface area contributed by atoms with Crippen molar-refractivity contribution >= 4 is 25.7 Å². The van der Waals surface area contributed by atoms with Crippen LogP contribution in [-0.2, 0) is 43.4 Å². The average Bonchev–Trinajstić information content (AvgIpc) is 3.27. The van der Waals surface area contributed by atoms with Crippen molar-refractivity contribution in [1.82, 2.24) is 20.9 Å². The van der Waals surface area contributed by atoms with E-state index in [4.69, 9.17) is 9.26 Å². The second-order valence-electron chi connectivity index (χ2n) is 17.1. The van der Waals surface area contributed by atoms with Crippen molar-refractivity contribution in [3.05, 3.63) is 173 Å². The highest BCUT2D eigenvalue weighted by atomic mass is 31.2. The summed E-state index contributed by atoms with van der Waals surface area (Å²) in [7, 11) is -5.27. The Morgan fingerprint density at radius 2 is 1.30 bits per heavy atom. The van der Waals surface area contributed by atoms with Crippen LogP contribution in [0.15, 0.2) is 140 Å². The smallest absolute Gasteiger partial charge is 0.469 e. The van der Waals surface area contributed by atoms with Crippen LogP contribution < -0.4 is 20.7 Å².